The molecule has 2 saturated heterocycles. The van der Waals surface area contributed by atoms with Crippen molar-refractivity contribution in [1.29, 1.82) is 0 Å². The molecule has 130 valence electrons. The van der Waals surface area contributed by atoms with E-state index in [2.05, 4.69) is 15.2 Å². The molecule has 1 saturated carbocycles. The highest BCUT2D eigenvalue weighted by Gasteiger charge is 2.54. The van der Waals surface area contributed by atoms with Crippen molar-refractivity contribution in [2.45, 2.75) is 50.2 Å². The first-order valence-electron chi connectivity index (χ1n) is 9.33. The monoisotopic (exact) mass is 329 g/mol. The maximum atomic E-state index is 12.1. The number of hydrogen-bond acceptors (Lipinski definition) is 4. The van der Waals surface area contributed by atoms with Crippen molar-refractivity contribution in [1.82, 2.24) is 15.2 Å². The van der Waals surface area contributed by atoms with E-state index >= 15 is 0 Å². The highest BCUT2D eigenvalue weighted by atomic mass is 16.5. The number of amides is 1. The summed E-state index contributed by atoms with van der Waals surface area (Å²) >= 11 is 0. The Labute approximate surface area is 143 Å². The van der Waals surface area contributed by atoms with Crippen LogP contribution in [0.3, 0.4) is 0 Å². The number of hydrogen-bond donors (Lipinski definition) is 1. The third kappa shape index (κ3) is 3.07. The molecule has 1 aromatic rings. The molecule has 1 amide bonds. The lowest BCUT2D eigenvalue weighted by atomic mass is 9.78. The minimum absolute atomic E-state index is 0.0303. The molecule has 4 rings (SSSR count). The maximum Gasteiger partial charge on any atom is 0.252 e. The van der Waals surface area contributed by atoms with Gasteiger partial charge in [-0.25, -0.2) is 0 Å². The van der Waals surface area contributed by atoms with Crippen LogP contribution in [0.15, 0.2) is 24.5 Å². The second-order valence-electron chi connectivity index (χ2n) is 7.53. The molecular weight excluding hydrogens is 302 g/mol. The Morgan fingerprint density at radius 3 is 2.92 bits per heavy atom. The van der Waals surface area contributed by atoms with Crippen LogP contribution in [0, 0.1) is 5.92 Å². The van der Waals surface area contributed by atoms with E-state index in [4.69, 9.17) is 4.74 Å². The second kappa shape index (κ2) is 6.81. The molecule has 5 heteroatoms. The van der Waals surface area contributed by atoms with Gasteiger partial charge in [-0.2, -0.15) is 0 Å². The van der Waals surface area contributed by atoms with Gasteiger partial charge in [0.15, 0.2) is 0 Å². The number of pyridine rings is 1. The number of nitrogens with zero attached hydrogens (tertiary/aromatic N) is 2. The third-order valence-electron chi connectivity index (χ3n) is 6.08. The van der Waals surface area contributed by atoms with Crippen LogP contribution in [-0.2, 0) is 4.74 Å². The van der Waals surface area contributed by atoms with Gasteiger partial charge in [0.2, 0.25) is 0 Å². The topological polar surface area (TPSA) is 54.5 Å². The van der Waals surface area contributed by atoms with E-state index in [9.17, 15) is 4.79 Å². The summed E-state index contributed by atoms with van der Waals surface area (Å²) in [5.41, 5.74) is 0.702. The molecule has 24 heavy (non-hydrogen) atoms. The van der Waals surface area contributed by atoms with Crippen molar-refractivity contribution in [2.24, 2.45) is 5.92 Å². The zero-order valence-corrected chi connectivity index (χ0v) is 14.2. The van der Waals surface area contributed by atoms with Crippen molar-refractivity contribution in [3.63, 3.8) is 0 Å². The molecule has 0 bridgehead atoms. The fourth-order valence-electron chi connectivity index (χ4n) is 4.67. The third-order valence-corrected chi connectivity index (χ3v) is 6.08. The normalized spacial score (nSPS) is 26.6. The van der Waals surface area contributed by atoms with E-state index in [0.29, 0.717) is 18.0 Å². The van der Waals surface area contributed by atoms with Gasteiger partial charge < -0.3 is 10.1 Å². The smallest absolute Gasteiger partial charge is 0.252 e. The van der Waals surface area contributed by atoms with Crippen LogP contribution in [0.4, 0.5) is 0 Å². The lowest BCUT2D eigenvalue weighted by Crippen LogP contribution is -2.66. The molecule has 1 aromatic heterocycles. The van der Waals surface area contributed by atoms with Crippen molar-refractivity contribution >= 4 is 5.91 Å². The minimum Gasteiger partial charge on any atom is -0.372 e. The average molecular weight is 329 g/mol. The van der Waals surface area contributed by atoms with Crippen LogP contribution in [0.1, 0.15) is 48.9 Å². The first kappa shape index (κ1) is 16.0. The number of ether oxygens (including phenoxy) is 1. The van der Waals surface area contributed by atoms with Crippen LogP contribution in [0.25, 0.3) is 0 Å². The van der Waals surface area contributed by atoms with Crippen molar-refractivity contribution in [3.8, 4) is 0 Å². The molecule has 1 N–H and O–H groups in total. The molecule has 1 spiro atoms. The average Bonchev–Trinajstić information content (AvgIpc) is 3.23. The lowest BCUT2D eigenvalue weighted by molar-refractivity contribution is -0.146. The number of aromatic nitrogens is 1. The first-order valence-corrected chi connectivity index (χ1v) is 9.33. The lowest BCUT2D eigenvalue weighted by Gasteiger charge is -2.53. The van der Waals surface area contributed by atoms with Gasteiger partial charge in [0, 0.05) is 44.7 Å². The van der Waals surface area contributed by atoms with Gasteiger partial charge in [-0.15, -0.1) is 0 Å². The Bertz CT molecular complexity index is 565. The van der Waals surface area contributed by atoms with Crippen LogP contribution < -0.4 is 5.32 Å². The molecule has 1 aliphatic carbocycles. The summed E-state index contributed by atoms with van der Waals surface area (Å²) in [7, 11) is 0. The molecule has 3 aliphatic rings. The molecule has 0 unspecified atom stereocenters. The minimum atomic E-state index is -0.0303. The zero-order valence-electron chi connectivity index (χ0n) is 14.2. The number of nitrogens with one attached hydrogen (secondary N) is 1. The van der Waals surface area contributed by atoms with E-state index < -0.39 is 0 Å². The maximum absolute atomic E-state index is 12.1. The van der Waals surface area contributed by atoms with Crippen molar-refractivity contribution in [3.05, 3.63) is 30.1 Å². The highest BCUT2D eigenvalue weighted by Crippen LogP contribution is 2.44. The largest absolute Gasteiger partial charge is 0.372 e. The van der Waals surface area contributed by atoms with Crippen LogP contribution in [0.2, 0.25) is 0 Å². The van der Waals surface area contributed by atoms with Crippen LogP contribution in [-0.4, -0.2) is 53.7 Å². The first-order chi connectivity index (χ1) is 11.8. The van der Waals surface area contributed by atoms with E-state index in [-0.39, 0.29) is 11.5 Å². The molecule has 0 radical (unpaired) electrons. The Balaban J connectivity index is 1.25. The quantitative estimate of drug-likeness (QED) is 0.900. The van der Waals surface area contributed by atoms with E-state index in [0.717, 1.165) is 38.6 Å². The van der Waals surface area contributed by atoms with Gasteiger partial charge in [-0.3, -0.25) is 14.7 Å². The predicted molar refractivity (Wildman–Crippen MR) is 91.8 cm³/mol. The number of likely N-dealkylation sites (tertiary alicyclic amines) is 1. The fraction of sp³-hybridized carbons (Fsp3) is 0.684. The summed E-state index contributed by atoms with van der Waals surface area (Å²) in [6.07, 6.45) is 10.9. The summed E-state index contributed by atoms with van der Waals surface area (Å²) < 4.78 is 6.16. The fourth-order valence-corrected chi connectivity index (χ4v) is 4.67. The van der Waals surface area contributed by atoms with Crippen molar-refractivity contribution < 1.29 is 9.53 Å². The molecule has 0 aromatic carbocycles. The molecule has 3 heterocycles. The second-order valence-corrected chi connectivity index (χ2v) is 7.53. The Morgan fingerprint density at radius 2 is 2.17 bits per heavy atom. The van der Waals surface area contributed by atoms with Gasteiger partial charge in [0.25, 0.3) is 5.91 Å². The van der Waals surface area contributed by atoms with Gasteiger partial charge in [0.05, 0.1) is 11.2 Å². The number of rotatable bonds is 5. The van der Waals surface area contributed by atoms with E-state index in [1.54, 1.807) is 24.5 Å². The summed E-state index contributed by atoms with van der Waals surface area (Å²) in [6.45, 7) is 3.78. The van der Waals surface area contributed by atoms with Crippen LogP contribution >= 0.6 is 0 Å². The highest BCUT2D eigenvalue weighted by molar-refractivity contribution is 5.93. The van der Waals surface area contributed by atoms with Gasteiger partial charge in [-0.1, -0.05) is 12.8 Å². The van der Waals surface area contributed by atoms with Gasteiger partial charge >= 0.3 is 0 Å². The van der Waals surface area contributed by atoms with Gasteiger partial charge in [0.1, 0.15) is 0 Å². The Hall–Kier alpha value is -1.46. The summed E-state index contributed by atoms with van der Waals surface area (Å²) in [5.74, 6) is 0.543. The number of carbonyl (C=O) groups excluding carboxylic acids is 1. The standard InChI is InChI=1S/C19H27N3O2/c23-18(15-4-3-9-20-12-15)21-10-7-16-8-11-24-19(16)13-22(14-19)17-5-1-2-6-17/h3-4,9,12,16-17H,1-2,5-8,10-11,13-14H2,(H,21,23)/t16-/m0/s1. The summed E-state index contributed by atoms with van der Waals surface area (Å²) in [4.78, 5) is 18.7. The van der Waals surface area contributed by atoms with Crippen molar-refractivity contribution in [2.75, 3.05) is 26.2 Å². The zero-order chi connectivity index (χ0) is 16.4. The van der Waals surface area contributed by atoms with E-state index in [1.165, 1.54) is 25.7 Å². The number of carbonyl (C=O) groups is 1. The molecule has 3 fully saturated rings. The van der Waals surface area contributed by atoms with Crippen LogP contribution in [0.5, 0.6) is 0 Å². The summed E-state index contributed by atoms with van der Waals surface area (Å²) in [5, 5.41) is 3.03. The predicted octanol–water partition coefficient (Wildman–Crippen LogP) is 2.23. The summed E-state index contributed by atoms with van der Waals surface area (Å²) in [6, 6.07) is 4.39. The molecular formula is C19H27N3O2. The molecule has 1 atom stereocenters. The molecule has 5 nitrogen and oxygen atoms in total. The Kier molecular flexibility index (Phi) is 4.55. The van der Waals surface area contributed by atoms with E-state index in [1.807, 2.05) is 0 Å². The van der Waals surface area contributed by atoms with Gasteiger partial charge in [-0.05, 0) is 43.7 Å². The SMILES string of the molecule is O=C(NCC[C@H]1CCOC12CN(C1CCCC1)C2)c1cccnc1. The molecule has 2 aliphatic heterocycles. The Morgan fingerprint density at radius 1 is 1.33 bits per heavy atom.